The molecule has 25 heavy (non-hydrogen) atoms. The molecule has 0 aliphatic carbocycles. The summed E-state index contributed by atoms with van der Waals surface area (Å²) in [5.74, 6) is -0.0738. The number of nitrogens with one attached hydrogen (secondary N) is 1. The molecule has 2 aromatic rings. The molecule has 0 spiro atoms. The molecule has 1 heterocycles. The first-order valence-electron chi connectivity index (χ1n) is 7.52. The molecule has 0 saturated heterocycles. The lowest BCUT2D eigenvalue weighted by atomic mass is 10.2. The average Bonchev–Trinajstić information content (AvgIpc) is 2.82. The Balaban J connectivity index is 2.23. The van der Waals surface area contributed by atoms with Crippen molar-refractivity contribution in [1.29, 1.82) is 0 Å². The Labute approximate surface area is 154 Å². The fourth-order valence-electron chi connectivity index (χ4n) is 2.13. The van der Waals surface area contributed by atoms with E-state index in [0.29, 0.717) is 21.5 Å². The highest BCUT2D eigenvalue weighted by atomic mass is 79.9. The van der Waals surface area contributed by atoms with Crippen molar-refractivity contribution in [2.24, 2.45) is 0 Å². The smallest absolute Gasteiger partial charge is 0.339 e. The van der Waals surface area contributed by atoms with Crippen LogP contribution in [0.4, 0.5) is 0 Å². The third-order valence-corrected chi connectivity index (χ3v) is 5.74. The van der Waals surface area contributed by atoms with Crippen LogP contribution in [0.5, 0.6) is 0 Å². The number of hydrogen-bond donors (Lipinski definition) is 1. The fraction of sp³-hybridized carbons (Fsp3) is 0.375. The topological polar surface area (TPSA) is 98.5 Å². The van der Waals surface area contributed by atoms with E-state index in [1.165, 1.54) is 18.2 Å². The van der Waals surface area contributed by atoms with Crippen LogP contribution in [0.15, 0.2) is 32.1 Å². The number of aryl methyl sites for hydroxylation is 2. The Kier molecular flexibility index (Phi) is 6.02. The minimum absolute atomic E-state index is 0.00584. The normalized spacial score (nSPS) is 11.8. The van der Waals surface area contributed by atoms with Gasteiger partial charge in [-0.05, 0) is 61.8 Å². The van der Waals surface area contributed by atoms with E-state index in [2.05, 4.69) is 25.8 Å². The van der Waals surface area contributed by atoms with E-state index < -0.39 is 16.0 Å². The van der Waals surface area contributed by atoms with Gasteiger partial charge in [0.2, 0.25) is 10.0 Å². The number of sulfonamides is 1. The lowest BCUT2D eigenvalue weighted by Gasteiger charge is -2.11. The van der Waals surface area contributed by atoms with Crippen LogP contribution in [0, 0.1) is 13.8 Å². The molecule has 0 bridgehead atoms. The molecule has 0 aliphatic heterocycles. The number of benzene rings is 1. The summed E-state index contributed by atoms with van der Waals surface area (Å²) in [5.41, 5.74) is 1.45. The number of carbonyl (C=O) groups is 1. The van der Waals surface area contributed by atoms with Crippen LogP contribution < -0.4 is 4.72 Å². The number of aromatic nitrogens is 1. The highest BCUT2D eigenvalue weighted by molar-refractivity contribution is 9.10. The SMILES string of the molecule is Cc1noc(C)c1COC(=O)c1cc(S(=O)(=O)NC(C)C)ccc1Br. The van der Waals surface area contributed by atoms with Crippen molar-refractivity contribution >= 4 is 31.9 Å². The van der Waals surface area contributed by atoms with Crippen molar-refractivity contribution in [2.75, 3.05) is 0 Å². The van der Waals surface area contributed by atoms with Crippen molar-refractivity contribution in [3.05, 3.63) is 45.3 Å². The zero-order valence-corrected chi connectivity index (χ0v) is 16.7. The van der Waals surface area contributed by atoms with Crippen LogP contribution in [0.1, 0.15) is 41.2 Å². The van der Waals surface area contributed by atoms with Gasteiger partial charge in [0.25, 0.3) is 0 Å². The zero-order chi connectivity index (χ0) is 18.8. The third-order valence-electron chi connectivity index (χ3n) is 3.39. The molecule has 0 radical (unpaired) electrons. The van der Waals surface area contributed by atoms with E-state index in [-0.39, 0.29) is 23.1 Å². The molecule has 0 saturated carbocycles. The van der Waals surface area contributed by atoms with Crippen molar-refractivity contribution in [3.63, 3.8) is 0 Å². The molecule has 136 valence electrons. The van der Waals surface area contributed by atoms with Gasteiger partial charge in [0.15, 0.2) is 0 Å². The van der Waals surface area contributed by atoms with E-state index in [4.69, 9.17) is 9.26 Å². The highest BCUT2D eigenvalue weighted by Crippen LogP contribution is 2.23. The van der Waals surface area contributed by atoms with Gasteiger partial charge in [-0.25, -0.2) is 17.9 Å². The van der Waals surface area contributed by atoms with Crippen LogP contribution in [0.25, 0.3) is 0 Å². The molecule has 0 fully saturated rings. The van der Waals surface area contributed by atoms with Gasteiger partial charge in [0, 0.05) is 10.5 Å². The summed E-state index contributed by atoms with van der Waals surface area (Å²) in [6.07, 6.45) is 0. The molecule has 0 unspecified atom stereocenters. The first-order valence-corrected chi connectivity index (χ1v) is 9.80. The lowest BCUT2D eigenvalue weighted by molar-refractivity contribution is 0.0469. The van der Waals surface area contributed by atoms with E-state index in [9.17, 15) is 13.2 Å². The Bertz CT molecular complexity index is 870. The number of hydrogen-bond acceptors (Lipinski definition) is 6. The third kappa shape index (κ3) is 4.68. The van der Waals surface area contributed by atoms with Gasteiger partial charge in [-0.3, -0.25) is 0 Å². The van der Waals surface area contributed by atoms with Gasteiger partial charge in [-0.15, -0.1) is 0 Å². The molecule has 2 rings (SSSR count). The van der Waals surface area contributed by atoms with Gasteiger partial charge in [0.05, 0.1) is 21.7 Å². The molecule has 0 amide bonds. The number of carbonyl (C=O) groups excluding carboxylic acids is 1. The minimum atomic E-state index is -3.71. The van der Waals surface area contributed by atoms with Gasteiger partial charge in [-0.1, -0.05) is 5.16 Å². The standard InChI is InChI=1S/C16H19BrN2O5S/c1-9(2)19-25(21,22)12-5-6-15(17)13(7-12)16(20)23-8-14-10(3)18-24-11(14)4/h5-7,9,19H,8H2,1-4H3. The van der Waals surface area contributed by atoms with Crippen LogP contribution in [0.2, 0.25) is 0 Å². The molecule has 9 heteroatoms. The van der Waals surface area contributed by atoms with Gasteiger partial charge in [-0.2, -0.15) is 0 Å². The van der Waals surface area contributed by atoms with E-state index in [1.807, 2.05) is 0 Å². The number of halogens is 1. The van der Waals surface area contributed by atoms with Crippen molar-refractivity contribution in [1.82, 2.24) is 9.88 Å². The lowest BCUT2D eigenvalue weighted by Crippen LogP contribution is -2.30. The maximum Gasteiger partial charge on any atom is 0.339 e. The Morgan fingerprint density at radius 3 is 2.60 bits per heavy atom. The Morgan fingerprint density at radius 2 is 2.04 bits per heavy atom. The van der Waals surface area contributed by atoms with Crippen molar-refractivity contribution in [2.45, 2.75) is 45.2 Å². The molecule has 7 nitrogen and oxygen atoms in total. The number of nitrogens with zero attached hydrogens (tertiary/aromatic N) is 1. The minimum Gasteiger partial charge on any atom is -0.457 e. The van der Waals surface area contributed by atoms with Crippen LogP contribution in [0.3, 0.4) is 0 Å². The largest absolute Gasteiger partial charge is 0.457 e. The highest BCUT2D eigenvalue weighted by Gasteiger charge is 2.21. The second-order valence-corrected chi connectivity index (χ2v) is 8.36. The first-order chi connectivity index (χ1) is 11.6. The van der Waals surface area contributed by atoms with Crippen molar-refractivity contribution < 1.29 is 22.5 Å². The summed E-state index contributed by atoms with van der Waals surface area (Å²) in [7, 11) is -3.71. The fourth-order valence-corrected chi connectivity index (χ4v) is 3.82. The first kappa shape index (κ1) is 19.6. The van der Waals surface area contributed by atoms with E-state index >= 15 is 0 Å². The number of ether oxygens (including phenoxy) is 1. The molecular formula is C16H19BrN2O5S. The molecular weight excluding hydrogens is 412 g/mol. The number of esters is 1. The summed E-state index contributed by atoms with van der Waals surface area (Å²) >= 11 is 3.25. The van der Waals surface area contributed by atoms with Crippen molar-refractivity contribution in [3.8, 4) is 0 Å². The summed E-state index contributed by atoms with van der Waals surface area (Å²) < 4.78 is 37.7. The number of rotatable bonds is 6. The molecule has 1 aromatic carbocycles. The van der Waals surface area contributed by atoms with E-state index in [1.54, 1.807) is 27.7 Å². The molecule has 0 atom stereocenters. The predicted octanol–water partition coefficient (Wildman–Crippen LogP) is 3.10. The second kappa shape index (κ2) is 7.67. The van der Waals surface area contributed by atoms with Crippen LogP contribution >= 0.6 is 15.9 Å². The summed E-state index contributed by atoms with van der Waals surface area (Å²) in [6, 6.07) is 3.94. The Hall–Kier alpha value is -1.71. The maximum absolute atomic E-state index is 12.4. The van der Waals surface area contributed by atoms with Gasteiger partial charge in [0.1, 0.15) is 12.4 Å². The van der Waals surface area contributed by atoms with E-state index in [0.717, 1.165) is 0 Å². The summed E-state index contributed by atoms with van der Waals surface area (Å²) in [4.78, 5) is 12.4. The zero-order valence-electron chi connectivity index (χ0n) is 14.3. The summed E-state index contributed by atoms with van der Waals surface area (Å²) in [6.45, 7) is 6.91. The Morgan fingerprint density at radius 1 is 1.36 bits per heavy atom. The second-order valence-electron chi connectivity index (χ2n) is 5.80. The van der Waals surface area contributed by atoms with Crippen LogP contribution in [-0.4, -0.2) is 25.6 Å². The molecule has 1 N–H and O–H groups in total. The average molecular weight is 431 g/mol. The monoisotopic (exact) mass is 430 g/mol. The molecule has 1 aromatic heterocycles. The molecule has 0 aliphatic rings. The van der Waals surface area contributed by atoms with Gasteiger partial charge >= 0.3 is 5.97 Å². The van der Waals surface area contributed by atoms with Crippen LogP contribution in [-0.2, 0) is 21.4 Å². The van der Waals surface area contributed by atoms with Gasteiger partial charge < -0.3 is 9.26 Å². The summed E-state index contributed by atoms with van der Waals surface area (Å²) in [5, 5.41) is 3.80. The maximum atomic E-state index is 12.4. The quantitative estimate of drug-likeness (QED) is 0.706. The predicted molar refractivity (Wildman–Crippen MR) is 94.7 cm³/mol.